The maximum Gasteiger partial charge on any atom is 0.427 e. The minimum absolute atomic E-state index is 0.000598. The molecule has 1 N–H and O–H groups in total. The van der Waals surface area contributed by atoms with Crippen LogP contribution in [0.2, 0.25) is 5.02 Å². The quantitative estimate of drug-likeness (QED) is 0.578. The molecule has 0 aliphatic heterocycles. The van der Waals surface area contributed by atoms with Crippen LogP contribution in [0, 0.1) is 5.82 Å². The van der Waals surface area contributed by atoms with Gasteiger partial charge in [0.05, 0.1) is 25.0 Å². The van der Waals surface area contributed by atoms with Crippen LogP contribution in [-0.2, 0) is 11.3 Å². The molecule has 0 heterocycles. The fourth-order valence-electron chi connectivity index (χ4n) is 2.04. The summed E-state index contributed by atoms with van der Waals surface area (Å²) in [5.74, 6) is 0.274. The van der Waals surface area contributed by atoms with Crippen molar-refractivity contribution in [3.05, 3.63) is 58.4 Å². The van der Waals surface area contributed by atoms with Gasteiger partial charge in [0.15, 0.2) is 11.5 Å². The zero-order valence-electron chi connectivity index (χ0n) is 14.3. The van der Waals surface area contributed by atoms with Crippen molar-refractivity contribution < 1.29 is 23.4 Å². The van der Waals surface area contributed by atoms with Gasteiger partial charge < -0.3 is 14.2 Å². The number of methoxy groups -OCH3 is 1. The lowest BCUT2D eigenvalue weighted by atomic mass is 10.2. The van der Waals surface area contributed by atoms with E-state index in [4.69, 9.17) is 21.1 Å². The molecule has 0 fully saturated rings. The molecule has 0 aromatic heterocycles. The number of hydrogen-bond donors (Lipinski definition) is 1. The Hall–Kier alpha value is -2.80. The third-order valence-electron chi connectivity index (χ3n) is 3.23. The van der Waals surface area contributed by atoms with Crippen molar-refractivity contribution in [2.24, 2.45) is 5.10 Å². The molecule has 0 saturated heterocycles. The van der Waals surface area contributed by atoms with Crippen molar-refractivity contribution in [2.45, 2.75) is 13.5 Å². The fraction of sp³-hybridized carbons (Fsp3) is 0.222. The van der Waals surface area contributed by atoms with E-state index >= 15 is 0 Å². The SMILES string of the molecule is CCOC(=O)N/N=C\c1cc(Cl)c(OCc2ccccc2F)c(OC)c1. The predicted molar refractivity (Wildman–Crippen MR) is 96.5 cm³/mol. The first-order valence-electron chi connectivity index (χ1n) is 7.74. The Kier molecular flexibility index (Phi) is 7.23. The van der Waals surface area contributed by atoms with Crippen molar-refractivity contribution in [3.63, 3.8) is 0 Å². The number of nitrogens with one attached hydrogen (secondary N) is 1. The van der Waals surface area contributed by atoms with Gasteiger partial charge in [-0.05, 0) is 30.7 Å². The second-order valence-electron chi connectivity index (χ2n) is 5.00. The summed E-state index contributed by atoms with van der Waals surface area (Å²) >= 11 is 6.24. The van der Waals surface area contributed by atoms with E-state index in [0.717, 1.165) is 0 Å². The predicted octanol–water partition coefficient (Wildman–Crippen LogP) is 4.15. The minimum Gasteiger partial charge on any atom is -0.493 e. The highest BCUT2D eigenvalue weighted by atomic mass is 35.5. The van der Waals surface area contributed by atoms with Crippen LogP contribution in [0.25, 0.3) is 0 Å². The van der Waals surface area contributed by atoms with E-state index in [1.165, 1.54) is 19.4 Å². The van der Waals surface area contributed by atoms with E-state index in [1.54, 1.807) is 37.3 Å². The lowest BCUT2D eigenvalue weighted by molar-refractivity contribution is 0.152. The standard InChI is InChI=1S/C18H18ClFN2O4/c1-3-25-18(23)22-21-10-12-8-14(19)17(16(9-12)24-2)26-11-13-6-4-5-7-15(13)20/h4-10H,3,11H2,1-2H3,(H,22,23)/b21-10-. The molecule has 1 amide bonds. The van der Waals surface area contributed by atoms with Crippen molar-refractivity contribution in [1.29, 1.82) is 0 Å². The van der Waals surface area contributed by atoms with Crippen LogP contribution in [0.15, 0.2) is 41.5 Å². The highest BCUT2D eigenvalue weighted by Gasteiger charge is 2.13. The Bertz CT molecular complexity index is 799. The van der Waals surface area contributed by atoms with Gasteiger partial charge in [0.2, 0.25) is 0 Å². The van der Waals surface area contributed by atoms with Gasteiger partial charge in [-0.3, -0.25) is 0 Å². The smallest absolute Gasteiger partial charge is 0.427 e. The van der Waals surface area contributed by atoms with Crippen molar-refractivity contribution in [2.75, 3.05) is 13.7 Å². The number of amides is 1. The number of hydrazone groups is 1. The first-order valence-corrected chi connectivity index (χ1v) is 8.12. The average Bonchev–Trinajstić information content (AvgIpc) is 2.62. The summed E-state index contributed by atoms with van der Waals surface area (Å²) in [6, 6.07) is 9.50. The third-order valence-corrected chi connectivity index (χ3v) is 3.51. The summed E-state index contributed by atoms with van der Waals surface area (Å²) in [5, 5.41) is 4.02. The number of benzene rings is 2. The summed E-state index contributed by atoms with van der Waals surface area (Å²) in [5.41, 5.74) is 3.18. The Morgan fingerprint density at radius 1 is 1.35 bits per heavy atom. The summed E-state index contributed by atoms with van der Waals surface area (Å²) in [6.45, 7) is 1.93. The fourth-order valence-corrected chi connectivity index (χ4v) is 2.32. The van der Waals surface area contributed by atoms with Gasteiger partial charge in [-0.1, -0.05) is 29.8 Å². The van der Waals surface area contributed by atoms with Gasteiger partial charge in [0.1, 0.15) is 12.4 Å². The number of ether oxygens (including phenoxy) is 3. The topological polar surface area (TPSA) is 69.2 Å². The van der Waals surface area contributed by atoms with Crippen LogP contribution < -0.4 is 14.9 Å². The van der Waals surface area contributed by atoms with Gasteiger partial charge >= 0.3 is 6.09 Å². The number of nitrogens with zero attached hydrogens (tertiary/aromatic N) is 1. The lowest BCUT2D eigenvalue weighted by Gasteiger charge is -2.13. The molecule has 0 spiro atoms. The third kappa shape index (κ3) is 5.35. The highest BCUT2D eigenvalue weighted by Crippen LogP contribution is 2.36. The number of carbonyl (C=O) groups excluding carboxylic acids is 1. The minimum atomic E-state index is -0.661. The summed E-state index contributed by atoms with van der Waals surface area (Å²) in [7, 11) is 1.46. The normalized spacial score (nSPS) is 10.6. The van der Waals surface area contributed by atoms with Crippen molar-refractivity contribution in [3.8, 4) is 11.5 Å². The van der Waals surface area contributed by atoms with Gasteiger partial charge in [-0.25, -0.2) is 14.6 Å². The molecule has 2 rings (SSSR count). The second-order valence-corrected chi connectivity index (χ2v) is 5.41. The van der Waals surface area contributed by atoms with Crippen LogP contribution in [0.1, 0.15) is 18.1 Å². The van der Waals surface area contributed by atoms with Gasteiger partial charge in [-0.15, -0.1) is 0 Å². The molecule has 8 heteroatoms. The summed E-state index contributed by atoms with van der Waals surface area (Å²) < 4.78 is 29.3. The highest BCUT2D eigenvalue weighted by molar-refractivity contribution is 6.32. The Morgan fingerprint density at radius 2 is 2.12 bits per heavy atom. The van der Waals surface area contributed by atoms with E-state index < -0.39 is 6.09 Å². The number of hydrogen-bond acceptors (Lipinski definition) is 5. The molecule has 0 unspecified atom stereocenters. The number of rotatable bonds is 7. The van der Waals surface area contributed by atoms with Gasteiger partial charge in [-0.2, -0.15) is 5.10 Å². The molecule has 138 valence electrons. The first kappa shape index (κ1) is 19.5. The van der Waals surface area contributed by atoms with Crippen molar-refractivity contribution in [1.82, 2.24) is 5.43 Å². The molecular weight excluding hydrogens is 363 g/mol. The molecule has 26 heavy (non-hydrogen) atoms. The first-order chi connectivity index (χ1) is 12.5. The maximum absolute atomic E-state index is 13.7. The largest absolute Gasteiger partial charge is 0.493 e. The Balaban J connectivity index is 2.12. The van der Waals surface area contributed by atoms with E-state index in [-0.39, 0.29) is 29.8 Å². The monoisotopic (exact) mass is 380 g/mol. The van der Waals surface area contributed by atoms with E-state index in [1.807, 2.05) is 0 Å². The summed E-state index contributed by atoms with van der Waals surface area (Å²) in [4.78, 5) is 11.2. The molecule has 0 atom stereocenters. The maximum atomic E-state index is 13.7. The van der Waals surface area contributed by atoms with Crippen LogP contribution >= 0.6 is 11.6 Å². The molecule has 0 saturated carbocycles. The molecule has 2 aromatic carbocycles. The average molecular weight is 381 g/mol. The molecule has 0 bridgehead atoms. The molecule has 0 radical (unpaired) electrons. The van der Waals surface area contributed by atoms with Crippen molar-refractivity contribution >= 4 is 23.9 Å². The van der Waals surface area contributed by atoms with Gasteiger partial charge in [0, 0.05) is 5.56 Å². The van der Waals surface area contributed by atoms with Crippen LogP contribution in [0.5, 0.6) is 11.5 Å². The number of carbonyl (C=O) groups is 1. The zero-order chi connectivity index (χ0) is 18.9. The Labute approximate surface area is 155 Å². The second kappa shape index (κ2) is 9.62. The molecular formula is C18H18ClFN2O4. The van der Waals surface area contributed by atoms with E-state index in [0.29, 0.717) is 16.9 Å². The number of halogens is 2. The van der Waals surface area contributed by atoms with Gasteiger partial charge in [0.25, 0.3) is 0 Å². The van der Waals surface area contributed by atoms with E-state index in [2.05, 4.69) is 15.3 Å². The zero-order valence-corrected chi connectivity index (χ0v) is 15.0. The molecule has 2 aromatic rings. The lowest BCUT2D eigenvalue weighted by Crippen LogP contribution is -2.18. The van der Waals surface area contributed by atoms with Crippen LogP contribution in [-0.4, -0.2) is 26.0 Å². The molecule has 6 nitrogen and oxygen atoms in total. The Morgan fingerprint density at radius 3 is 2.81 bits per heavy atom. The van der Waals surface area contributed by atoms with E-state index in [9.17, 15) is 9.18 Å². The molecule has 0 aliphatic carbocycles. The van der Waals surface area contributed by atoms with Crippen LogP contribution in [0.4, 0.5) is 9.18 Å². The van der Waals surface area contributed by atoms with Crippen LogP contribution in [0.3, 0.4) is 0 Å². The molecule has 0 aliphatic rings. The summed E-state index contributed by atoms with van der Waals surface area (Å²) in [6.07, 6.45) is 0.720.